The summed E-state index contributed by atoms with van der Waals surface area (Å²) in [5.41, 5.74) is -0.179. The molecule has 2 saturated heterocycles. The lowest BCUT2D eigenvalue weighted by molar-refractivity contribution is -0.182. The van der Waals surface area contributed by atoms with Gasteiger partial charge in [-0.3, -0.25) is 29.8 Å². The molecule has 2 aromatic carbocycles. The number of halogens is 6. The van der Waals surface area contributed by atoms with Crippen LogP contribution >= 0.6 is 0 Å². The molecule has 2 aliphatic heterocycles. The second kappa shape index (κ2) is 14.6. The van der Waals surface area contributed by atoms with E-state index in [2.05, 4.69) is 45.8 Å². The maximum Gasteiger partial charge on any atom is 0.401 e. The van der Waals surface area contributed by atoms with Gasteiger partial charge >= 0.3 is 12.2 Å². The van der Waals surface area contributed by atoms with Gasteiger partial charge in [-0.05, 0) is 74.3 Å². The first-order chi connectivity index (χ1) is 27.9. The molecule has 3 fully saturated rings. The van der Waals surface area contributed by atoms with Gasteiger partial charge in [0.05, 0.1) is 6.54 Å². The Hall–Kier alpha value is -6.18. The van der Waals surface area contributed by atoms with Gasteiger partial charge in [-0.15, -0.1) is 0 Å². The van der Waals surface area contributed by atoms with Crippen LogP contribution in [-0.4, -0.2) is 78.9 Å². The first-order valence-corrected chi connectivity index (χ1v) is 18.6. The van der Waals surface area contributed by atoms with Crippen LogP contribution in [0.15, 0.2) is 47.1 Å². The highest BCUT2D eigenvalue weighted by atomic mass is 19.4. The van der Waals surface area contributed by atoms with Crippen LogP contribution in [-0.2, 0) is 23.3 Å². The third-order valence-corrected chi connectivity index (χ3v) is 11.2. The number of likely N-dealkylation sites (tertiary alicyclic amines) is 1. The van der Waals surface area contributed by atoms with Crippen molar-refractivity contribution in [3.63, 3.8) is 0 Å². The summed E-state index contributed by atoms with van der Waals surface area (Å²) in [5.74, 6) is -3.99. The number of nitrogens with one attached hydrogen (secondary N) is 3. The molecule has 5 heterocycles. The number of carbonyl (C=O) groups is 3. The average Bonchev–Trinajstić information content (AvgIpc) is 3.83. The van der Waals surface area contributed by atoms with Crippen LogP contribution in [0.2, 0.25) is 0 Å². The van der Waals surface area contributed by atoms with Crippen LogP contribution in [0.25, 0.3) is 22.6 Å². The number of aromatic amines is 1. The van der Waals surface area contributed by atoms with E-state index in [0.717, 1.165) is 50.2 Å². The maximum absolute atomic E-state index is 15.5. The largest absolute Gasteiger partial charge is 0.401 e. The van der Waals surface area contributed by atoms with Crippen LogP contribution in [0.4, 0.5) is 36.8 Å². The van der Waals surface area contributed by atoms with E-state index in [1.54, 1.807) is 13.0 Å². The van der Waals surface area contributed by atoms with Gasteiger partial charge in [0.1, 0.15) is 34.4 Å². The van der Waals surface area contributed by atoms with Crippen molar-refractivity contribution in [2.24, 2.45) is 5.41 Å². The highest BCUT2D eigenvalue weighted by Gasteiger charge is 2.53. The van der Waals surface area contributed by atoms with Gasteiger partial charge in [-0.1, -0.05) is 17.3 Å². The minimum Gasteiger partial charge on any atom is -0.350 e. The summed E-state index contributed by atoms with van der Waals surface area (Å²) in [5, 5.41) is 14.4. The van der Waals surface area contributed by atoms with E-state index < -0.39 is 58.4 Å². The number of alkyl halides is 3. The van der Waals surface area contributed by atoms with Crippen molar-refractivity contribution in [3.8, 4) is 22.6 Å². The van der Waals surface area contributed by atoms with Gasteiger partial charge in [0, 0.05) is 61.7 Å². The maximum atomic E-state index is 15.5. The summed E-state index contributed by atoms with van der Waals surface area (Å²) < 4.78 is 90.8. The molecule has 5 aromatic rings. The lowest BCUT2D eigenvalue weighted by Gasteiger charge is -2.59. The SMILES string of the molecule is Cc1nc(-c2cc(C(=O)NCc3nc(C(C)(C)C(F)(F)F)n[nH]3)on2)ncc1-c1ccc(CN2CC3(CC(c4cc(F)c(N5CCC(=O)NC5=O)c(F)c4)C3)C2)cc1F. The van der Waals surface area contributed by atoms with Crippen LogP contribution in [0.5, 0.6) is 0 Å². The molecule has 0 unspecified atom stereocenters. The van der Waals surface area contributed by atoms with Crippen molar-refractivity contribution in [2.75, 3.05) is 24.5 Å². The molecule has 0 radical (unpaired) electrons. The van der Waals surface area contributed by atoms with Crippen molar-refractivity contribution in [3.05, 3.63) is 94.3 Å². The van der Waals surface area contributed by atoms with E-state index in [1.165, 1.54) is 30.5 Å². The summed E-state index contributed by atoms with van der Waals surface area (Å²) in [4.78, 5) is 52.0. The van der Waals surface area contributed by atoms with Crippen LogP contribution in [0, 0.1) is 29.8 Å². The van der Waals surface area contributed by atoms with E-state index in [4.69, 9.17) is 4.52 Å². The highest BCUT2D eigenvalue weighted by molar-refractivity contribution is 6.05. The normalized spacial score (nSPS) is 17.2. The van der Waals surface area contributed by atoms with Gasteiger partial charge in [0.25, 0.3) is 5.91 Å². The van der Waals surface area contributed by atoms with Gasteiger partial charge < -0.3 is 9.84 Å². The fraction of sp³-hybridized carbons (Fsp3) is 0.385. The number of nitrogens with zero attached hydrogens (tertiary/aromatic N) is 7. The number of carbonyl (C=O) groups excluding carboxylic acids is 3. The molecule has 3 aromatic heterocycles. The Bertz CT molecular complexity index is 2460. The monoisotopic (exact) mass is 822 g/mol. The number of rotatable bonds is 10. The molecule has 14 nitrogen and oxygen atoms in total. The Morgan fingerprint density at radius 3 is 2.39 bits per heavy atom. The van der Waals surface area contributed by atoms with Crippen molar-refractivity contribution in [1.29, 1.82) is 0 Å². The molecule has 1 saturated carbocycles. The Labute approximate surface area is 331 Å². The zero-order valence-electron chi connectivity index (χ0n) is 31.8. The number of aryl methyl sites for hydroxylation is 1. The lowest BCUT2D eigenvalue weighted by Crippen LogP contribution is -2.61. The Morgan fingerprint density at radius 2 is 1.73 bits per heavy atom. The molecule has 3 aliphatic rings. The molecule has 20 heteroatoms. The average molecular weight is 823 g/mol. The Balaban J connectivity index is 0.838. The predicted octanol–water partition coefficient (Wildman–Crippen LogP) is 6.24. The molecule has 8 rings (SSSR count). The van der Waals surface area contributed by atoms with Crippen LogP contribution in [0.1, 0.15) is 78.1 Å². The molecule has 59 heavy (non-hydrogen) atoms. The molecular formula is C39H36F6N10O4. The molecule has 0 bridgehead atoms. The zero-order valence-corrected chi connectivity index (χ0v) is 31.8. The molecule has 3 N–H and O–H groups in total. The van der Waals surface area contributed by atoms with Crippen LogP contribution in [0.3, 0.4) is 0 Å². The number of anilines is 1. The van der Waals surface area contributed by atoms with Gasteiger partial charge in [-0.25, -0.2) is 32.9 Å². The minimum absolute atomic E-state index is 0.00466. The Morgan fingerprint density at radius 1 is 1.00 bits per heavy atom. The standard InChI is InChI=1S/C39H36F6N10O4/c1-19-24(14-46-33(48-19)28-11-29(59-53-28)34(57)47-15-30-49-35(52-51-30)37(2,3)39(43,44)45)23-5-4-20(8-25(23)40)16-54-17-38(18-54)12-22(13-38)21-9-26(41)32(27(42)10-21)55-7-6-31(56)50-36(55)58/h4-5,8-11,14,22H,6-7,12-13,15-18H2,1-3H3,(H,47,57)(H,49,51,52)(H,50,56,58). The first kappa shape index (κ1) is 39.6. The lowest BCUT2D eigenvalue weighted by atomic mass is 9.56. The topological polar surface area (TPSA) is 175 Å². The molecule has 1 spiro atoms. The number of amides is 4. The smallest absolute Gasteiger partial charge is 0.350 e. The summed E-state index contributed by atoms with van der Waals surface area (Å²) in [7, 11) is 0. The number of H-pyrrole nitrogens is 1. The van der Waals surface area contributed by atoms with E-state index in [-0.39, 0.29) is 59.5 Å². The summed E-state index contributed by atoms with van der Waals surface area (Å²) in [6.07, 6.45) is -1.70. The first-order valence-electron chi connectivity index (χ1n) is 18.6. The van der Waals surface area contributed by atoms with E-state index >= 15 is 13.2 Å². The molecule has 0 atom stereocenters. The molecule has 4 amide bonds. The van der Waals surface area contributed by atoms with Crippen molar-refractivity contribution in [1.82, 2.24) is 45.8 Å². The zero-order chi connectivity index (χ0) is 42.0. The quantitative estimate of drug-likeness (QED) is 0.137. The second-order valence-corrected chi connectivity index (χ2v) is 15.8. The van der Waals surface area contributed by atoms with Crippen molar-refractivity contribution < 1.29 is 45.2 Å². The summed E-state index contributed by atoms with van der Waals surface area (Å²) in [6, 6.07) is 7.91. The number of urea groups is 1. The fourth-order valence-electron chi connectivity index (χ4n) is 7.86. The van der Waals surface area contributed by atoms with E-state index in [9.17, 15) is 27.6 Å². The van der Waals surface area contributed by atoms with E-state index in [1.807, 2.05) is 6.07 Å². The number of hydrogen-bond donors (Lipinski definition) is 3. The number of imide groups is 1. The third-order valence-electron chi connectivity index (χ3n) is 11.2. The predicted molar refractivity (Wildman–Crippen MR) is 196 cm³/mol. The van der Waals surface area contributed by atoms with Crippen LogP contribution < -0.4 is 15.5 Å². The molecular weight excluding hydrogens is 786 g/mol. The van der Waals surface area contributed by atoms with Gasteiger partial charge in [0.15, 0.2) is 17.3 Å². The van der Waals surface area contributed by atoms with Crippen molar-refractivity contribution in [2.45, 2.75) is 70.6 Å². The summed E-state index contributed by atoms with van der Waals surface area (Å²) >= 11 is 0. The molecule has 308 valence electrons. The van der Waals surface area contributed by atoms with Gasteiger partial charge in [0.2, 0.25) is 11.7 Å². The third kappa shape index (κ3) is 7.52. The van der Waals surface area contributed by atoms with Crippen molar-refractivity contribution >= 4 is 23.5 Å². The second-order valence-electron chi connectivity index (χ2n) is 15.8. The highest BCUT2D eigenvalue weighted by Crippen LogP contribution is 2.56. The Kier molecular flexibility index (Phi) is 9.79. The number of benzene rings is 2. The molecule has 1 aliphatic carbocycles. The minimum atomic E-state index is -4.58. The van der Waals surface area contributed by atoms with Gasteiger partial charge in [-0.2, -0.15) is 18.3 Å². The summed E-state index contributed by atoms with van der Waals surface area (Å²) in [6.45, 7) is 5.22. The fourth-order valence-corrected chi connectivity index (χ4v) is 7.86. The van der Waals surface area contributed by atoms with E-state index in [0.29, 0.717) is 23.4 Å². The number of aromatic nitrogens is 6. The number of hydrogen-bond acceptors (Lipinski definition) is 10.